The fourth-order valence-electron chi connectivity index (χ4n) is 1.91. The van der Waals surface area contributed by atoms with Crippen molar-refractivity contribution in [2.45, 2.75) is 13.3 Å². The van der Waals surface area contributed by atoms with Gasteiger partial charge in [-0.1, -0.05) is 0 Å². The molecule has 0 aliphatic carbocycles. The van der Waals surface area contributed by atoms with Gasteiger partial charge in [0.25, 0.3) is 0 Å². The quantitative estimate of drug-likeness (QED) is 0.791. The summed E-state index contributed by atoms with van der Waals surface area (Å²) in [5, 5.41) is 0.887. The summed E-state index contributed by atoms with van der Waals surface area (Å²) in [5.41, 5.74) is 0.605. The van der Waals surface area contributed by atoms with Crippen LogP contribution in [0.15, 0.2) is 24.4 Å². The maximum absolute atomic E-state index is 12.3. The van der Waals surface area contributed by atoms with Crippen LogP contribution < -0.4 is 9.47 Å². The van der Waals surface area contributed by atoms with Crippen LogP contribution in [0.5, 0.6) is 11.5 Å². The third-order valence-electron chi connectivity index (χ3n) is 2.85. The fourth-order valence-corrected chi connectivity index (χ4v) is 2.65. The standard InChI is InChI=1S/C14H13NO3S/c1-9-15-8-13(19-9)14(16)10-3-4-11-12(7-10)18-6-2-5-17-11/h3-4,7-8H,2,5-6H2,1H3. The molecule has 1 aromatic carbocycles. The predicted molar refractivity (Wildman–Crippen MR) is 72.3 cm³/mol. The molecule has 0 N–H and O–H groups in total. The zero-order valence-electron chi connectivity index (χ0n) is 10.5. The van der Waals surface area contributed by atoms with Crippen molar-refractivity contribution < 1.29 is 14.3 Å². The van der Waals surface area contributed by atoms with Crippen molar-refractivity contribution in [3.63, 3.8) is 0 Å². The first-order chi connectivity index (χ1) is 9.24. The van der Waals surface area contributed by atoms with Gasteiger partial charge in [-0.25, -0.2) is 4.98 Å². The summed E-state index contributed by atoms with van der Waals surface area (Å²) in [5.74, 6) is 1.32. The fraction of sp³-hybridized carbons (Fsp3) is 0.286. The minimum Gasteiger partial charge on any atom is -0.490 e. The molecule has 5 heteroatoms. The number of carbonyl (C=O) groups excluding carboxylic acids is 1. The molecule has 1 aliphatic rings. The molecule has 2 heterocycles. The first-order valence-electron chi connectivity index (χ1n) is 6.11. The van der Waals surface area contributed by atoms with Crippen LogP contribution in [0.25, 0.3) is 0 Å². The average molecular weight is 275 g/mol. The van der Waals surface area contributed by atoms with E-state index in [1.807, 2.05) is 6.92 Å². The van der Waals surface area contributed by atoms with Gasteiger partial charge in [0.05, 0.1) is 23.1 Å². The average Bonchev–Trinajstić information content (AvgIpc) is 2.72. The zero-order valence-corrected chi connectivity index (χ0v) is 11.3. The highest BCUT2D eigenvalue weighted by Gasteiger charge is 2.16. The van der Waals surface area contributed by atoms with E-state index in [0.29, 0.717) is 35.2 Å². The second-order valence-electron chi connectivity index (χ2n) is 4.28. The van der Waals surface area contributed by atoms with E-state index in [0.717, 1.165) is 11.4 Å². The number of aromatic nitrogens is 1. The predicted octanol–water partition coefficient (Wildman–Crippen LogP) is 2.84. The summed E-state index contributed by atoms with van der Waals surface area (Å²) in [6.07, 6.45) is 2.47. The maximum atomic E-state index is 12.3. The van der Waals surface area contributed by atoms with Crippen molar-refractivity contribution in [1.82, 2.24) is 4.98 Å². The number of nitrogens with zero attached hydrogens (tertiary/aromatic N) is 1. The summed E-state index contributed by atoms with van der Waals surface area (Å²) < 4.78 is 11.1. The number of rotatable bonds is 2. The van der Waals surface area contributed by atoms with E-state index in [9.17, 15) is 4.79 Å². The number of ether oxygens (including phenoxy) is 2. The number of fused-ring (bicyclic) bond motifs is 1. The number of hydrogen-bond acceptors (Lipinski definition) is 5. The molecular weight excluding hydrogens is 262 g/mol. The van der Waals surface area contributed by atoms with Crippen LogP contribution in [0.3, 0.4) is 0 Å². The Morgan fingerprint density at radius 3 is 2.79 bits per heavy atom. The lowest BCUT2D eigenvalue weighted by atomic mass is 10.1. The molecule has 0 unspecified atom stereocenters. The molecule has 0 radical (unpaired) electrons. The van der Waals surface area contributed by atoms with E-state index in [1.165, 1.54) is 11.3 Å². The third-order valence-corrected chi connectivity index (χ3v) is 3.77. The second-order valence-corrected chi connectivity index (χ2v) is 5.52. The highest BCUT2D eigenvalue weighted by molar-refractivity contribution is 7.13. The van der Waals surface area contributed by atoms with Gasteiger partial charge in [0.1, 0.15) is 0 Å². The number of hydrogen-bond donors (Lipinski definition) is 0. The molecule has 2 aromatic rings. The Kier molecular flexibility index (Phi) is 3.21. The Morgan fingerprint density at radius 2 is 2.05 bits per heavy atom. The van der Waals surface area contributed by atoms with Gasteiger partial charge in [-0.3, -0.25) is 4.79 Å². The Morgan fingerprint density at radius 1 is 1.26 bits per heavy atom. The Balaban J connectivity index is 1.93. The van der Waals surface area contributed by atoms with Gasteiger partial charge < -0.3 is 9.47 Å². The van der Waals surface area contributed by atoms with Crippen LogP contribution >= 0.6 is 11.3 Å². The van der Waals surface area contributed by atoms with E-state index in [2.05, 4.69) is 4.98 Å². The lowest BCUT2D eigenvalue weighted by Gasteiger charge is -2.08. The van der Waals surface area contributed by atoms with Gasteiger partial charge >= 0.3 is 0 Å². The van der Waals surface area contributed by atoms with Gasteiger partial charge in [0.2, 0.25) is 5.78 Å². The smallest absolute Gasteiger partial charge is 0.204 e. The summed E-state index contributed by atoms with van der Waals surface area (Å²) in [4.78, 5) is 17.1. The molecule has 3 rings (SSSR count). The second kappa shape index (κ2) is 5.01. The molecule has 19 heavy (non-hydrogen) atoms. The molecule has 0 atom stereocenters. The molecule has 0 saturated carbocycles. The van der Waals surface area contributed by atoms with Crippen molar-refractivity contribution in [3.8, 4) is 11.5 Å². The van der Waals surface area contributed by atoms with Gasteiger partial charge in [0, 0.05) is 18.2 Å². The Labute approximate surface area is 115 Å². The summed E-state index contributed by atoms with van der Waals surface area (Å²) in [6, 6.07) is 5.31. The lowest BCUT2D eigenvalue weighted by Crippen LogP contribution is -2.00. The van der Waals surface area contributed by atoms with Gasteiger partial charge in [0.15, 0.2) is 11.5 Å². The van der Waals surface area contributed by atoms with Crippen LogP contribution in [0.2, 0.25) is 0 Å². The summed E-state index contributed by atoms with van der Waals surface area (Å²) in [7, 11) is 0. The molecule has 1 aliphatic heterocycles. The van der Waals surface area contributed by atoms with Crippen LogP contribution in [0.4, 0.5) is 0 Å². The van der Waals surface area contributed by atoms with E-state index >= 15 is 0 Å². The van der Waals surface area contributed by atoms with Crippen LogP contribution in [0, 0.1) is 6.92 Å². The van der Waals surface area contributed by atoms with Crippen molar-refractivity contribution in [2.24, 2.45) is 0 Å². The number of aryl methyl sites for hydroxylation is 1. The monoisotopic (exact) mass is 275 g/mol. The molecule has 0 fully saturated rings. The lowest BCUT2D eigenvalue weighted by molar-refractivity contribution is 0.104. The highest BCUT2D eigenvalue weighted by Crippen LogP contribution is 2.31. The first-order valence-corrected chi connectivity index (χ1v) is 6.92. The first kappa shape index (κ1) is 12.2. The van der Waals surface area contributed by atoms with Crippen LogP contribution in [-0.4, -0.2) is 24.0 Å². The van der Waals surface area contributed by atoms with Crippen molar-refractivity contribution in [3.05, 3.63) is 39.8 Å². The minimum atomic E-state index is -0.0266. The molecule has 0 saturated heterocycles. The molecule has 0 bridgehead atoms. The zero-order chi connectivity index (χ0) is 13.2. The van der Waals surface area contributed by atoms with Crippen molar-refractivity contribution in [1.29, 1.82) is 0 Å². The number of carbonyl (C=O) groups is 1. The van der Waals surface area contributed by atoms with Gasteiger partial charge in [-0.05, 0) is 25.1 Å². The number of benzene rings is 1. The molecule has 0 spiro atoms. The molecule has 98 valence electrons. The SMILES string of the molecule is Cc1ncc(C(=O)c2ccc3c(c2)OCCCO3)s1. The molecule has 4 nitrogen and oxygen atoms in total. The van der Waals surface area contributed by atoms with E-state index < -0.39 is 0 Å². The van der Waals surface area contributed by atoms with Crippen LogP contribution in [-0.2, 0) is 0 Å². The van der Waals surface area contributed by atoms with E-state index in [4.69, 9.17) is 9.47 Å². The van der Waals surface area contributed by atoms with Gasteiger partial charge in [-0.15, -0.1) is 11.3 Å². The molecular formula is C14H13NO3S. The van der Waals surface area contributed by atoms with Crippen molar-refractivity contribution >= 4 is 17.1 Å². The largest absolute Gasteiger partial charge is 0.490 e. The molecule has 0 amide bonds. The summed E-state index contributed by atoms with van der Waals surface area (Å²) in [6.45, 7) is 3.15. The highest BCUT2D eigenvalue weighted by atomic mass is 32.1. The maximum Gasteiger partial charge on any atom is 0.204 e. The normalized spacial score (nSPS) is 13.9. The summed E-state index contributed by atoms with van der Waals surface area (Å²) >= 11 is 1.40. The van der Waals surface area contributed by atoms with Gasteiger partial charge in [-0.2, -0.15) is 0 Å². The number of ketones is 1. The van der Waals surface area contributed by atoms with E-state index in [-0.39, 0.29) is 5.78 Å². The topological polar surface area (TPSA) is 48.4 Å². The van der Waals surface area contributed by atoms with Crippen molar-refractivity contribution in [2.75, 3.05) is 13.2 Å². The number of thiazole rings is 1. The molecule has 1 aromatic heterocycles. The third kappa shape index (κ3) is 2.46. The Hall–Kier alpha value is -1.88. The Bertz CT molecular complexity index is 621. The van der Waals surface area contributed by atoms with E-state index in [1.54, 1.807) is 24.4 Å². The van der Waals surface area contributed by atoms with Crippen LogP contribution in [0.1, 0.15) is 26.7 Å². The minimum absolute atomic E-state index is 0.0266.